The molecule has 0 spiro atoms. The van der Waals surface area contributed by atoms with E-state index in [1.54, 1.807) is 48.5 Å². The number of hydrazine groups is 1. The summed E-state index contributed by atoms with van der Waals surface area (Å²) in [6.07, 6.45) is -0.463. The predicted molar refractivity (Wildman–Crippen MR) is 159 cm³/mol. The number of aliphatic hydroxyl groups excluding tert-OH is 3. The summed E-state index contributed by atoms with van der Waals surface area (Å²) in [5, 5.41) is 31.9. The molecule has 0 aromatic heterocycles. The molecule has 3 aromatic rings. The second-order valence-corrected chi connectivity index (χ2v) is 10.3. The summed E-state index contributed by atoms with van der Waals surface area (Å²) >= 11 is 3.57. The Bertz CT molecular complexity index is 1440. The first-order valence-electron chi connectivity index (χ1n) is 13.2. The molecule has 12 nitrogen and oxygen atoms in total. The van der Waals surface area contributed by atoms with Crippen LogP contribution in [-0.4, -0.2) is 65.1 Å². The highest BCUT2D eigenvalue weighted by molar-refractivity contribution is 9.10. The minimum atomic E-state index is -1.63. The van der Waals surface area contributed by atoms with Crippen molar-refractivity contribution in [1.82, 2.24) is 10.9 Å². The fraction of sp³-hybridized carbons (Fsp3) is 0.310. The van der Waals surface area contributed by atoms with E-state index < -0.39 is 36.8 Å². The van der Waals surface area contributed by atoms with Gasteiger partial charge in [0.15, 0.2) is 11.6 Å². The fourth-order valence-corrected chi connectivity index (χ4v) is 4.89. The lowest BCUT2D eigenvalue weighted by Crippen LogP contribution is -2.57. The third-order valence-electron chi connectivity index (χ3n) is 6.65. The van der Waals surface area contributed by atoms with E-state index in [9.17, 15) is 20.5 Å². The molecule has 0 fully saturated rings. The quantitative estimate of drug-likeness (QED) is 0.0587. The summed E-state index contributed by atoms with van der Waals surface area (Å²) in [7, 11) is 0. The van der Waals surface area contributed by atoms with Crippen molar-refractivity contribution in [3.05, 3.63) is 104 Å². The molecule has 0 radical (unpaired) electrons. The van der Waals surface area contributed by atoms with E-state index in [1.165, 1.54) is 0 Å². The lowest BCUT2D eigenvalue weighted by atomic mass is 9.81. The van der Waals surface area contributed by atoms with Gasteiger partial charge in [-0.2, -0.15) is 0 Å². The Morgan fingerprint density at radius 2 is 1.81 bits per heavy atom. The molecule has 1 aliphatic heterocycles. The summed E-state index contributed by atoms with van der Waals surface area (Å²) in [6, 6.07) is 20.4. The van der Waals surface area contributed by atoms with E-state index in [0.29, 0.717) is 29.9 Å². The first-order valence-corrected chi connectivity index (χ1v) is 14.0. The summed E-state index contributed by atoms with van der Waals surface area (Å²) in [5.41, 5.74) is 15.0. The fourth-order valence-electron chi connectivity index (χ4n) is 4.46. The van der Waals surface area contributed by atoms with Gasteiger partial charge < -0.3 is 24.8 Å². The minimum absolute atomic E-state index is 0.0231. The van der Waals surface area contributed by atoms with Gasteiger partial charge in [-0.25, -0.2) is 10.4 Å². The predicted octanol–water partition coefficient (Wildman–Crippen LogP) is 3.63. The number of aliphatic imine (C=N–C) groups is 1. The molecule has 0 bridgehead atoms. The SMILES string of the molecule is [N-]=[N+]=Nc1ccccc1[C@@H]1OC(c2ccc(OCCCO)cc2)=N[C@]1(Cc1ccccc1Br)C(=O)NNC(CO)CO. The number of ether oxygens (including phenoxy) is 2. The minimum Gasteiger partial charge on any atom is -0.494 e. The number of nitrogens with one attached hydrogen (secondary N) is 2. The Morgan fingerprint density at radius 1 is 1.10 bits per heavy atom. The van der Waals surface area contributed by atoms with Crippen LogP contribution in [0.5, 0.6) is 5.75 Å². The van der Waals surface area contributed by atoms with Crippen LogP contribution >= 0.6 is 15.9 Å². The van der Waals surface area contributed by atoms with Crippen molar-refractivity contribution < 1.29 is 29.6 Å². The molecule has 220 valence electrons. The maximum Gasteiger partial charge on any atom is 0.266 e. The van der Waals surface area contributed by atoms with Crippen molar-refractivity contribution in [2.24, 2.45) is 10.1 Å². The molecule has 1 aliphatic rings. The van der Waals surface area contributed by atoms with Gasteiger partial charge in [0, 0.05) is 45.6 Å². The van der Waals surface area contributed by atoms with Crippen molar-refractivity contribution in [3.8, 4) is 5.75 Å². The maximum absolute atomic E-state index is 14.2. The lowest BCUT2D eigenvalue weighted by Gasteiger charge is -2.32. The number of hydrogen-bond donors (Lipinski definition) is 5. The Morgan fingerprint density at radius 3 is 2.50 bits per heavy atom. The zero-order valence-electron chi connectivity index (χ0n) is 22.6. The largest absolute Gasteiger partial charge is 0.494 e. The van der Waals surface area contributed by atoms with Crippen LogP contribution in [0, 0.1) is 0 Å². The smallest absolute Gasteiger partial charge is 0.266 e. The molecule has 0 aliphatic carbocycles. The third kappa shape index (κ3) is 7.08. The van der Waals surface area contributed by atoms with Crippen LogP contribution in [0.3, 0.4) is 0 Å². The Balaban J connectivity index is 1.84. The van der Waals surface area contributed by atoms with Crippen molar-refractivity contribution >= 4 is 33.4 Å². The number of carbonyl (C=O) groups is 1. The molecule has 13 heteroatoms. The summed E-state index contributed by atoms with van der Waals surface area (Å²) < 4.78 is 12.8. The van der Waals surface area contributed by atoms with Crippen LogP contribution in [0.15, 0.2) is 87.4 Å². The lowest BCUT2D eigenvalue weighted by molar-refractivity contribution is -0.130. The molecule has 1 heterocycles. The van der Waals surface area contributed by atoms with E-state index in [2.05, 4.69) is 36.8 Å². The van der Waals surface area contributed by atoms with Crippen molar-refractivity contribution in [2.45, 2.75) is 30.5 Å². The van der Waals surface area contributed by atoms with E-state index >= 15 is 0 Å². The van der Waals surface area contributed by atoms with Crippen molar-refractivity contribution in [2.75, 3.05) is 26.4 Å². The monoisotopic (exact) mass is 638 g/mol. The van der Waals surface area contributed by atoms with Crippen LogP contribution in [0.2, 0.25) is 0 Å². The number of azide groups is 1. The van der Waals surface area contributed by atoms with Crippen LogP contribution in [0.25, 0.3) is 10.4 Å². The second-order valence-electron chi connectivity index (χ2n) is 9.47. The molecular formula is C29H31BrN6O6. The van der Waals surface area contributed by atoms with Gasteiger partial charge in [0.05, 0.1) is 25.9 Å². The van der Waals surface area contributed by atoms with Crippen molar-refractivity contribution in [3.63, 3.8) is 0 Å². The van der Waals surface area contributed by atoms with Gasteiger partial charge in [0.2, 0.25) is 5.90 Å². The number of hydrogen-bond acceptors (Lipinski definition) is 9. The van der Waals surface area contributed by atoms with Gasteiger partial charge in [0.25, 0.3) is 5.91 Å². The van der Waals surface area contributed by atoms with Crippen LogP contribution in [-0.2, 0) is 16.0 Å². The second kappa shape index (κ2) is 14.8. The summed E-state index contributed by atoms with van der Waals surface area (Å²) in [6.45, 7) is -0.463. The van der Waals surface area contributed by atoms with Crippen LogP contribution < -0.4 is 15.6 Å². The van der Waals surface area contributed by atoms with Gasteiger partial charge in [-0.15, -0.1) is 0 Å². The van der Waals surface area contributed by atoms with Gasteiger partial charge in [-0.1, -0.05) is 63.5 Å². The number of aliphatic hydroxyl groups is 3. The molecular weight excluding hydrogens is 608 g/mol. The maximum atomic E-state index is 14.2. The normalized spacial score (nSPS) is 17.7. The number of nitrogens with zero attached hydrogens (tertiary/aromatic N) is 4. The van der Waals surface area contributed by atoms with Crippen LogP contribution in [0.4, 0.5) is 5.69 Å². The average Bonchev–Trinajstić information content (AvgIpc) is 3.40. The third-order valence-corrected chi connectivity index (χ3v) is 7.42. The highest BCUT2D eigenvalue weighted by atomic mass is 79.9. The summed E-state index contributed by atoms with van der Waals surface area (Å²) in [4.78, 5) is 22.0. The van der Waals surface area contributed by atoms with Gasteiger partial charge in [-0.3, -0.25) is 10.2 Å². The number of amides is 1. The number of rotatable bonds is 14. The molecule has 0 saturated heterocycles. The first-order chi connectivity index (χ1) is 20.4. The molecule has 0 unspecified atom stereocenters. The molecule has 3 aromatic carbocycles. The Hall–Kier alpha value is -3.97. The zero-order valence-corrected chi connectivity index (χ0v) is 24.1. The zero-order chi connectivity index (χ0) is 30.0. The highest BCUT2D eigenvalue weighted by Crippen LogP contribution is 2.46. The van der Waals surface area contributed by atoms with Gasteiger partial charge in [-0.05, 0) is 41.4 Å². The summed E-state index contributed by atoms with van der Waals surface area (Å²) in [5.74, 6) is 0.182. The Kier molecular flexibility index (Phi) is 10.9. The molecule has 4 rings (SSSR count). The van der Waals surface area contributed by atoms with Gasteiger partial charge in [0.1, 0.15) is 5.75 Å². The first kappa shape index (κ1) is 31.0. The number of halogens is 1. The average molecular weight is 640 g/mol. The van der Waals surface area contributed by atoms with Gasteiger partial charge >= 0.3 is 0 Å². The van der Waals surface area contributed by atoms with E-state index in [1.807, 2.05) is 24.3 Å². The van der Waals surface area contributed by atoms with Crippen molar-refractivity contribution in [1.29, 1.82) is 0 Å². The van der Waals surface area contributed by atoms with E-state index in [-0.39, 0.29) is 24.6 Å². The molecule has 2 atom stereocenters. The standard InChI is InChI=1S/C29H31BrN6O6/c30-24-8-3-1-6-20(24)16-29(28(40)35-33-21(17-38)18-39)26(23-7-2-4-9-25(23)34-36-31)42-27(32-29)19-10-12-22(13-11-19)41-15-5-14-37/h1-4,6-13,21,26,33,37-39H,5,14-18H2,(H,35,40)/t26-,29-/m0/s1. The Labute approximate surface area is 250 Å². The molecule has 42 heavy (non-hydrogen) atoms. The number of carbonyl (C=O) groups excluding carboxylic acids is 1. The topological polar surface area (TPSA) is 181 Å². The van der Waals surface area contributed by atoms with E-state index in [0.717, 1.165) is 10.0 Å². The number of benzene rings is 3. The molecule has 1 amide bonds. The van der Waals surface area contributed by atoms with Crippen LogP contribution in [0.1, 0.15) is 29.2 Å². The highest BCUT2D eigenvalue weighted by Gasteiger charge is 2.54. The van der Waals surface area contributed by atoms with E-state index in [4.69, 9.17) is 19.6 Å². The molecule has 5 N–H and O–H groups in total. The molecule has 0 saturated carbocycles.